The highest BCUT2D eigenvalue weighted by Crippen LogP contribution is 2.27. The minimum Gasteiger partial charge on any atom is -0.490 e. The van der Waals surface area contributed by atoms with Crippen molar-refractivity contribution in [3.05, 3.63) is 60.6 Å². The van der Waals surface area contributed by atoms with E-state index >= 15 is 0 Å². The third-order valence-electron chi connectivity index (χ3n) is 5.63. The first-order valence-corrected chi connectivity index (χ1v) is 11.9. The number of likely N-dealkylation sites (tertiary alicyclic amines) is 1. The van der Waals surface area contributed by atoms with Crippen molar-refractivity contribution in [3.8, 4) is 11.4 Å². The van der Waals surface area contributed by atoms with Gasteiger partial charge in [-0.05, 0) is 55.5 Å². The van der Waals surface area contributed by atoms with Crippen molar-refractivity contribution in [2.24, 2.45) is 0 Å². The molecular formula is C23H25N7OS. The number of piperidine rings is 1. The predicted molar refractivity (Wildman–Crippen MR) is 126 cm³/mol. The fourth-order valence-electron chi connectivity index (χ4n) is 4.02. The first-order chi connectivity index (χ1) is 15.7. The summed E-state index contributed by atoms with van der Waals surface area (Å²) in [4.78, 5) is 19.7. The number of thioether (sulfide) groups is 1. The average molecular weight is 448 g/mol. The topological polar surface area (TPSA) is 95.0 Å². The second-order valence-electron chi connectivity index (χ2n) is 7.82. The molecule has 8 nitrogen and oxygen atoms in total. The Labute approximate surface area is 190 Å². The molecule has 2 N–H and O–H groups in total. The molecule has 1 saturated heterocycles. The molecule has 1 aliphatic rings. The van der Waals surface area contributed by atoms with Crippen molar-refractivity contribution in [2.75, 3.05) is 25.1 Å². The van der Waals surface area contributed by atoms with Gasteiger partial charge in [-0.1, -0.05) is 11.8 Å². The molecule has 1 aromatic carbocycles. The van der Waals surface area contributed by atoms with Gasteiger partial charge >= 0.3 is 0 Å². The SMILES string of the molecule is CSc1nc2cccnc2n1-c1ccc(OC2CCN(Cc3cnc(N)nc3)CC2)cc1. The van der Waals surface area contributed by atoms with Gasteiger partial charge in [0.1, 0.15) is 17.4 Å². The number of imidazole rings is 1. The molecule has 4 aromatic rings. The number of nitrogen functional groups attached to an aromatic ring is 1. The van der Waals surface area contributed by atoms with Crippen molar-refractivity contribution in [1.29, 1.82) is 0 Å². The van der Waals surface area contributed by atoms with E-state index in [0.717, 1.165) is 65.8 Å². The summed E-state index contributed by atoms with van der Waals surface area (Å²) in [6.45, 7) is 2.81. The zero-order valence-electron chi connectivity index (χ0n) is 17.9. The smallest absolute Gasteiger partial charge is 0.219 e. The van der Waals surface area contributed by atoms with E-state index in [4.69, 9.17) is 10.5 Å². The number of ether oxygens (including phenoxy) is 1. The Morgan fingerprint density at radius 1 is 1.06 bits per heavy atom. The van der Waals surface area contributed by atoms with Gasteiger partial charge < -0.3 is 10.5 Å². The van der Waals surface area contributed by atoms with Crippen LogP contribution in [0.5, 0.6) is 5.75 Å². The van der Waals surface area contributed by atoms with Gasteiger partial charge in [-0.15, -0.1) is 0 Å². The van der Waals surface area contributed by atoms with Crippen molar-refractivity contribution in [2.45, 2.75) is 30.6 Å². The van der Waals surface area contributed by atoms with E-state index in [-0.39, 0.29) is 6.10 Å². The number of rotatable bonds is 6. The van der Waals surface area contributed by atoms with E-state index in [0.29, 0.717) is 5.95 Å². The molecule has 0 bridgehead atoms. The first-order valence-electron chi connectivity index (χ1n) is 10.6. The highest BCUT2D eigenvalue weighted by molar-refractivity contribution is 7.98. The molecule has 0 aliphatic carbocycles. The summed E-state index contributed by atoms with van der Waals surface area (Å²) < 4.78 is 8.36. The van der Waals surface area contributed by atoms with Gasteiger partial charge in [-0.2, -0.15) is 0 Å². The first kappa shape index (κ1) is 20.7. The van der Waals surface area contributed by atoms with Crippen LogP contribution in [0, 0.1) is 0 Å². The van der Waals surface area contributed by atoms with Crippen molar-refractivity contribution in [1.82, 2.24) is 29.4 Å². The summed E-state index contributed by atoms with van der Waals surface area (Å²) in [5.41, 5.74) is 9.44. The minimum atomic E-state index is 0.220. The van der Waals surface area contributed by atoms with Gasteiger partial charge in [-0.25, -0.2) is 19.9 Å². The van der Waals surface area contributed by atoms with Crippen LogP contribution in [0.1, 0.15) is 18.4 Å². The second kappa shape index (κ2) is 9.13. The lowest BCUT2D eigenvalue weighted by Crippen LogP contribution is -2.37. The molecule has 0 saturated carbocycles. The van der Waals surface area contributed by atoms with Crippen LogP contribution in [-0.2, 0) is 6.54 Å². The lowest BCUT2D eigenvalue weighted by molar-refractivity contribution is 0.0967. The highest BCUT2D eigenvalue weighted by atomic mass is 32.2. The van der Waals surface area contributed by atoms with Crippen LogP contribution in [0.2, 0.25) is 0 Å². The fraction of sp³-hybridized carbons (Fsp3) is 0.304. The molecule has 0 atom stereocenters. The zero-order chi connectivity index (χ0) is 21.9. The second-order valence-corrected chi connectivity index (χ2v) is 8.59. The average Bonchev–Trinajstić information content (AvgIpc) is 3.21. The molecule has 0 unspecified atom stereocenters. The van der Waals surface area contributed by atoms with Crippen LogP contribution < -0.4 is 10.5 Å². The van der Waals surface area contributed by atoms with Gasteiger partial charge in [0, 0.05) is 49.5 Å². The Balaban J connectivity index is 1.21. The van der Waals surface area contributed by atoms with Gasteiger partial charge in [0.05, 0.1) is 0 Å². The number of benzene rings is 1. The van der Waals surface area contributed by atoms with Crippen LogP contribution >= 0.6 is 11.8 Å². The monoisotopic (exact) mass is 447 g/mol. The zero-order valence-corrected chi connectivity index (χ0v) is 18.7. The molecule has 3 aromatic heterocycles. The largest absolute Gasteiger partial charge is 0.490 e. The summed E-state index contributed by atoms with van der Waals surface area (Å²) in [5, 5.41) is 0.922. The number of nitrogens with two attached hydrogens (primary N) is 1. The third kappa shape index (κ3) is 4.39. The number of pyridine rings is 1. The number of hydrogen-bond donors (Lipinski definition) is 1. The molecular weight excluding hydrogens is 422 g/mol. The van der Waals surface area contributed by atoms with E-state index < -0.39 is 0 Å². The Hall–Kier alpha value is -3.17. The van der Waals surface area contributed by atoms with E-state index in [2.05, 4.69) is 41.5 Å². The lowest BCUT2D eigenvalue weighted by Gasteiger charge is -2.32. The number of fused-ring (bicyclic) bond motifs is 1. The standard InChI is InChI=1S/C23H25N7OS/c1-32-23-28-20-3-2-10-25-21(20)30(23)17-4-6-18(7-5-17)31-19-8-11-29(12-9-19)15-16-13-26-22(24)27-14-16/h2-7,10,13-14,19H,8-9,11-12,15H2,1H3,(H2,24,26,27). The summed E-state index contributed by atoms with van der Waals surface area (Å²) in [7, 11) is 0. The van der Waals surface area contributed by atoms with Crippen LogP contribution in [0.4, 0.5) is 5.95 Å². The van der Waals surface area contributed by atoms with Gasteiger partial charge in [0.15, 0.2) is 10.8 Å². The maximum atomic E-state index is 6.27. The van der Waals surface area contributed by atoms with Crippen molar-refractivity contribution >= 4 is 28.9 Å². The Kier molecular flexibility index (Phi) is 5.91. The van der Waals surface area contributed by atoms with E-state index in [1.54, 1.807) is 30.4 Å². The van der Waals surface area contributed by atoms with E-state index in [9.17, 15) is 0 Å². The van der Waals surface area contributed by atoms with Crippen LogP contribution in [-0.4, -0.2) is 54.9 Å². The van der Waals surface area contributed by atoms with Crippen LogP contribution in [0.3, 0.4) is 0 Å². The molecule has 4 heterocycles. The number of aromatic nitrogens is 5. The maximum absolute atomic E-state index is 6.27. The van der Waals surface area contributed by atoms with Gasteiger partial charge in [0.2, 0.25) is 5.95 Å². The molecule has 0 spiro atoms. The molecule has 1 fully saturated rings. The summed E-state index contributed by atoms with van der Waals surface area (Å²) in [6.07, 6.45) is 9.63. The summed E-state index contributed by atoms with van der Waals surface area (Å²) in [5.74, 6) is 1.20. The molecule has 32 heavy (non-hydrogen) atoms. The number of nitrogens with zero attached hydrogens (tertiary/aromatic N) is 6. The molecule has 9 heteroatoms. The van der Waals surface area contributed by atoms with Gasteiger partial charge in [0.25, 0.3) is 0 Å². The van der Waals surface area contributed by atoms with Crippen molar-refractivity contribution in [3.63, 3.8) is 0 Å². The fourth-order valence-corrected chi connectivity index (χ4v) is 4.58. The third-order valence-corrected chi connectivity index (χ3v) is 6.27. The highest BCUT2D eigenvalue weighted by Gasteiger charge is 2.21. The number of hydrogen-bond acceptors (Lipinski definition) is 8. The van der Waals surface area contributed by atoms with E-state index in [1.165, 1.54) is 0 Å². The number of anilines is 1. The molecule has 164 valence electrons. The molecule has 1 aliphatic heterocycles. The quantitative estimate of drug-likeness (QED) is 0.448. The van der Waals surface area contributed by atoms with Crippen LogP contribution in [0.15, 0.2) is 60.1 Å². The molecule has 0 radical (unpaired) electrons. The Bertz CT molecular complexity index is 1190. The Morgan fingerprint density at radius 2 is 1.81 bits per heavy atom. The molecule has 0 amide bonds. The predicted octanol–water partition coefficient (Wildman–Crippen LogP) is 3.56. The molecule has 5 rings (SSSR count). The van der Waals surface area contributed by atoms with Gasteiger partial charge in [-0.3, -0.25) is 9.47 Å². The minimum absolute atomic E-state index is 0.220. The lowest BCUT2D eigenvalue weighted by atomic mass is 10.1. The summed E-state index contributed by atoms with van der Waals surface area (Å²) in [6, 6.07) is 12.1. The Morgan fingerprint density at radius 3 is 2.53 bits per heavy atom. The summed E-state index contributed by atoms with van der Waals surface area (Å²) >= 11 is 1.61. The maximum Gasteiger partial charge on any atom is 0.219 e. The normalized spacial score (nSPS) is 15.3. The van der Waals surface area contributed by atoms with E-state index in [1.807, 2.05) is 30.5 Å². The van der Waals surface area contributed by atoms with Crippen molar-refractivity contribution < 1.29 is 4.74 Å². The van der Waals surface area contributed by atoms with Crippen LogP contribution in [0.25, 0.3) is 16.9 Å².